The number of carbonyl (C=O) groups is 2. The molecule has 1 saturated heterocycles. The third kappa shape index (κ3) is 5.21. The molecule has 0 aromatic heterocycles. The van der Waals surface area contributed by atoms with Gasteiger partial charge in [-0.2, -0.15) is 0 Å². The van der Waals surface area contributed by atoms with E-state index in [9.17, 15) is 14.7 Å². The number of carbonyl (C=O) groups excluding carboxylic acids is 1. The third-order valence-electron chi connectivity index (χ3n) is 4.44. The normalized spacial score (nSPS) is 23.0. The van der Waals surface area contributed by atoms with Crippen LogP contribution in [0.2, 0.25) is 18.1 Å². The fourth-order valence-electron chi connectivity index (χ4n) is 2.23. The lowest BCUT2D eigenvalue weighted by Crippen LogP contribution is -2.45. The number of rotatable bonds is 3. The highest BCUT2D eigenvalue weighted by molar-refractivity contribution is 6.74. The fourth-order valence-corrected chi connectivity index (χ4v) is 3.59. The molecular weight excluding hydrogens is 314 g/mol. The molecule has 0 aromatic rings. The number of ether oxygens (including phenoxy) is 1. The van der Waals surface area contributed by atoms with Gasteiger partial charge in [0.15, 0.2) is 8.32 Å². The summed E-state index contributed by atoms with van der Waals surface area (Å²) in [5.41, 5.74) is -0.654. The Balaban J connectivity index is 2.87. The standard InChI is InChI=1S/C16H31NO5Si/c1-15(2,3)21-14(20)17-10-11(9-12(17)13(18)19)22-23(7,8)16(4,5)6/h11-12H,9-10H2,1-8H3,(H,18,19)/t11-,12+/m1/s1. The van der Waals surface area contributed by atoms with Crippen LogP contribution in [0, 0.1) is 0 Å². The largest absolute Gasteiger partial charge is 0.480 e. The predicted octanol–water partition coefficient (Wildman–Crippen LogP) is 3.47. The zero-order valence-electron chi connectivity index (χ0n) is 15.6. The first kappa shape index (κ1) is 20.0. The molecule has 23 heavy (non-hydrogen) atoms. The van der Waals surface area contributed by atoms with Gasteiger partial charge in [0.05, 0.1) is 6.10 Å². The molecular formula is C16H31NO5Si. The van der Waals surface area contributed by atoms with Gasteiger partial charge >= 0.3 is 12.1 Å². The number of carboxylic acids is 1. The van der Waals surface area contributed by atoms with E-state index in [4.69, 9.17) is 9.16 Å². The van der Waals surface area contributed by atoms with Crippen LogP contribution < -0.4 is 0 Å². The topological polar surface area (TPSA) is 76.1 Å². The van der Waals surface area contributed by atoms with Crippen LogP contribution in [-0.4, -0.2) is 54.7 Å². The molecule has 0 saturated carbocycles. The lowest BCUT2D eigenvalue weighted by molar-refractivity contribution is -0.142. The van der Waals surface area contributed by atoms with Crippen LogP contribution in [-0.2, 0) is 14.0 Å². The Morgan fingerprint density at radius 3 is 2.04 bits per heavy atom. The number of hydrogen-bond acceptors (Lipinski definition) is 4. The summed E-state index contributed by atoms with van der Waals surface area (Å²) in [6.07, 6.45) is -0.545. The molecule has 0 aromatic carbocycles. The van der Waals surface area contributed by atoms with Crippen LogP contribution in [0.3, 0.4) is 0 Å². The summed E-state index contributed by atoms with van der Waals surface area (Å²) < 4.78 is 11.6. The Kier molecular flexibility index (Phi) is 5.58. The average molecular weight is 346 g/mol. The summed E-state index contributed by atoms with van der Waals surface area (Å²) in [6.45, 7) is 16.2. The first-order valence-electron chi connectivity index (χ1n) is 8.04. The molecule has 0 radical (unpaired) electrons. The molecule has 0 unspecified atom stereocenters. The number of hydrogen-bond donors (Lipinski definition) is 1. The minimum absolute atomic E-state index is 0.0328. The Morgan fingerprint density at radius 2 is 1.65 bits per heavy atom. The summed E-state index contributed by atoms with van der Waals surface area (Å²) in [5, 5.41) is 9.45. The second-order valence-corrected chi connectivity index (χ2v) is 13.5. The SMILES string of the molecule is CC(C)(C)OC(=O)N1C[C@H](O[Si](C)(C)C(C)(C)C)C[C@H]1C(=O)O. The fraction of sp³-hybridized carbons (Fsp3) is 0.875. The first-order valence-corrected chi connectivity index (χ1v) is 10.9. The minimum Gasteiger partial charge on any atom is -0.480 e. The van der Waals surface area contributed by atoms with Gasteiger partial charge in [0.25, 0.3) is 0 Å². The van der Waals surface area contributed by atoms with E-state index in [2.05, 4.69) is 33.9 Å². The average Bonchev–Trinajstić information content (AvgIpc) is 2.68. The maximum atomic E-state index is 12.3. The van der Waals surface area contributed by atoms with E-state index in [1.807, 2.05) is 0 Å². The van der Waals surface area contributed by atoms with Gasteiger partial charge in [-0.25, -0.2) is 9.59 Å². The van der Waals surface area contributed by atoms with Crippen molar-refractivity contribution < 1.29 is 23.9 Å². The molecule has 134 valence electrons. The Morgan fingerprint density at radius 1 is 1.13 bits per heavy atom. The molecule has 0 aliphatic carbocycles. The molecule has 0 bridgehead atoms. The van der Waals surface area contributed by atoms with Gasteiger partial charge in [0, 0.05) is 13.0 Å². The van der Waals surface area contributed by atoms with E-state index in [0.717, 1.165) is 0 Å². The van der Waals surface area contributed by atoms with Gasteiger partial charge in [-0.1, -0.05) is 20.8 Å². The van der Waals surface area contributed by atoms with Gasteiger partial charge < -0.3 is 14.3 Å². The van der Waals surface area contributed by atoms with E-state index < -0.39 is 32.0 Å². The molecule has 1 heterocycles. The van der Waals surface area contributed by atoms with Crippen LogP contribution >= 0.6 is 0 Å². The van der Waals surface area contributed by atoms with Crippen molar-refractivity contribution in [1.29, 1.82) is 0 Å². The van der Waals surface area contributed by atoms with Gasteiger partial charge in [0.2, 0.25) is 0 Å². The van der Waals surface area contributed by atoms with Crippen molar-refractivity contribution in [3.8, 4) is 0 Å². The van der Waals surface area contributed by atoms with Crippen LogP contribution in [0.25, 0.3) is 0 Å². The summed E-state index contributed by atoms with van der Waals surface area (Å²) in [7, 11) is -2.02. The van der Waals surface area contributed by atoms with Crippen molar-refractivity contribution in [3.05, 3.63) is 0 Å². The number of carboxylic acid groups (broad SMARTS) is 1. The highest BCUT2D eigenvalue weighted by Crippen LogP contribution is 2.39. The summed E-state index contributed by atoms with van der Waals surface area (Å²) in [6, 6.07) is -0.889. The van der Waals surface area contributed by atoms with Crippen LogP contribution in [0.15, 0.2) is 0 Å². The van der Waals surface area contributed by atoms with E-state index in [0.29, 0.717) is 6.42 Å². The number of nitrogens with zero attached hydrogens (tertiary/aromatic N) is 1. The molecule has 1 amide bonds. The van der Waals surface area contributed by atoms with Crippen molar-refractivity contribution in [3.63, 3.8) is 0 Å². The third-order valence-corrected chi connectivity index (χ3v) is 8.98. The Labute approximate surface area is 140 Å². The van der Waals surface area contributed by atoms with Gasteiger partial charge in [-0.05, 0) is 38.9 Å². The smallest absolute Gasteiger partial charge is 0.411 e. The van der Waals surface area contributed by atoms with E-state index in [1.54, 1.807) is 20.8 Å². The zero-order chi connectivity index (χ0) is 18.2. The summed E-state index contributed by atoms with van der Waals surface area (Å²) in [4.78, 5) is 25.1. The van der Waals surface area contributed by atoms with Crippen molar-refractivity contribution >= 4 is 20.4 Å². The quantitative estimate of drug-likeness (QED) is 0.793. The summed E-state index contributed by atoms with van der Waals surface area (Å²) in [5.74, 6) is -1.02. The highest BCUT2D eigenvalue weighted by atomic mass is 28.4. The minimum atomic E-state index is -2.02. The maximum Gasteiger partial charge on any atom is 0.411 e. The zero-order valence-corrected chi connectivity index (χ0v) is 16.6. The molecule has 1 fully saturated rings. The van der Waals surface area contributed by atoms with Crippen LogP contribution in [0.4, 0.5) is 4.79 Å². The molecule has 1 N–H and O–H groups in total. The maximum absolute atomic E-state index is 12.3. The van der Waals surface area contributed by atoms with Crippen molar-refractivity contribution in [2.75, 3.05) is 6.54 Å². The molecule has 0 spiro atoms. The Bertz CT molecular complexity index is 464. The lowest BCUT2D eigenvalue weighted by atomic mass is 10.2. The molecule has 1 rings (SSSR count). The van der Waals surface area contributed by atoms with E-state index >= 15 is 0 Å². The molecule has 2 atom stereocenters. The number of aliphatic carboxylic acids is 1. The monoisotopic (exact) mass is 345 g/mol. The van der Waals surface area contributed by atoms with Crippen molar-refractivity contribution in [2.45, 2.75) is 83.8 Å². The molecule has 6 nitrogen and oxygen atoms in total. The molecule has 1 aliphatic rings. The molecule has 1 aliphatic heterocycles. The van der Waals surface area contributed by atoms with Crippen molar-refractivity contribution in [1.82, 2.24) is 4.90 Å². The second kappa shape index (κ2) is 6.43. The van der Waals surface area contributed by atoms with Crippen LogP contribution in [0.5, 0.6) is 0 Å². The lowest BCUT2D eigenvalue weighted by Gasteiger charge is -2.38. The number of amides is 1. The second-order valence-electron chi connectivity index (χ2n) is 8.72. The van der Waals surface area contributed by atoms with Gasteiger partial charge in [-0.15, -0.1) is 0 Å². The summed E-state index contributed by atoms with van der Waals surface area (Å²) >= 11 is 0. The van der Waals surface area contributed by atoms with Gasteiger partial charge in [0.1, 0.15) is 11.6 Å². The Hall–Kier alpha value is -1.08. The van der Waals surface area contributed by atoms with E-state index in [1.165, 1.54) is 4.90 Å². The molecule has 7 heteroatoms. The van der Waals surface area contributed by atoms with E-state index in [-0.39, 0.29) is 17.7 Å². The first-order chi connectivity index (χ1) is 10.1. The van der Waals surface area contributed by atoms with Crippen LogP contribution in [0.1, 0.15) is 48.0 Å². The van der Waals surface area contributed by atoms with Gasteiger partial charge in [-0.3, -0.25) is 4.90 Å². The highest BCUT2D eigenvalue weighted by Gasteiger charge is 2.46. The predicted molar refractivity (Wildman–Crippen MR) is 91.1 cm³/mol. The van der Waals surface area contributed by atoms with Crippen molar-refractivity contribution in [2.24, 2.45) is 0 Å². The number of likely N-dealkylation sites (tertiary alicyclic amines) is 1.